The molecule has 0 aliphatic rings. The maximum absolute atomic E-state index is 13.1. The number of aromatic nitrogens is 2. The molecular formula is C16H9Cl2F6N5O2. The molecule has 1 aromatic carbocycles. The van der Waals surface area contributed by atoms with Crippen molar-refractivity contribution >= 4 is 41.1 Å². The molecule has 0 unspecified atom stereocenters. The lowest BCUT2D eigenvalue weighted by atomic mass is 10.1. The van der Waals surface area contributed by atoms with E-state index in [2.05, 4.69) is 14.8 Å². The number of halogens is 8. The molecule has 1 heterocycles. The number of nitrogens with zero attached hydrogens (tertiary/aromatic N) is 5. The zero-order valence-electron chi connectivity index (χ0n) is 15.3. The van der Waals surface area contributed by atoms with Crippen molar-refractivity contribution in [1.29, 1.82) is 5.26 Å². The van der Waals surface area contributed by atoms with Gasteiger partial charge in [-0.1, -0.05) is 23.2 Å². The Hall–Kier alpha value is -2.98. The van der Waals surface area contributed by atoms with E-state index in [4.69, 9.17) is 23.2 Å². The van der Waals surface area contributed by atoms with Crippen LogP contribution in [0.1, 0.15) is 16.1 Å². The molecule has 0 atom stereocenters. The van der Waals surface area contributed by atoms with Crippen molar-refractivity contribution in [2.24, 2.45) is 4.99 Å². The van der Waals surface area contributed by atoms with E-state index in [1.807, 2.05) is 0 Å². The Balaban J connectivity index is 2.82. The Labute approximate surface area is 180 Å². The van der Waals surface area contributed by atoms with Crippen molar-refractivity contribution in [3.63, 3.8) is 0 Å². The first-order valence-corrected chi connectivity index (χ1v) is 8.51. The minimum atomic E-state index is -5.38. The molecule has 166 valence electrons. The first-order chi connectivity index (χ1) is 14.2. The standard InChI is InChI=1S/C16H9Cl2F6N5O2/c1-28(2)6-26-14-11(13(30)15(19,20)21)10(5-25)27-29(14)12-8(17)3-7(4-9(12)18)31-16(22,23)24/h3-4,6H,1-2H3/b26-6-. The molecule has 0 fully saturated rings. The Morgan fingerprint density at radius 3 is 2.19 bits per heavy atom. The Morgan fingerprint density at radius 1 is 1.23 bits per heavy atom. The minimum Gasteiger partial charge on any atom is -0.406 e. The molecule has 2 rings (SSSR count). The van der Waals surface area contributed by atoms with Gasteiger partial charge in [-0.25, -0.2) is 9.67 Å². The predicted octanol–water partition coefficient (Wildman–Crippen LogP) is 4.92. The molecule has 0 amide bonds. The highest BCUT2D eigenvalue weighted by molar-refractivity contribution is 6.38. The van der Waals surface area contributed by atoms with Crippen molar-refractivity contribution in [2.75, 3.05) is 14.1 Å². The number of rotatable bonds is 5. The van der Waals surface area contributed by atoms with Gasteiger partial charge in [0.1, 0.15) is 23.1 Å². The van der Waals surface area contributed by atoms with Crippen LogP contribution in [0.4, 0.5) is 32.2 Å². The van der Waals surface area contributed by atoms with Crippen molar-refractivity contribution in [1.82, 2.24) is 14.7 Å². The third kappa shape index (κ3) is 5.59. The van der Waals surface area contributed by atoms with E-state index >= 15 is 0 Å². The lowest BCUT2D eigenvalue weighted by molar-refractivity contribution is -0.274. The molecule has 0 aliphatic heterocycles. The summed E-state index contributed by atoms with van der Waals surface area (Å²) in [6, 6.07) is 2.70. The van der Waals surface area contributed by atoms with Gasteiger partial charge < -0.3 is 9.64 Å². The van der Waals surface area contributed by atoms with Crippen molar-refractivity contribution in [3.05, 3.63) is 33.4 Å². The quantitative estimate of drug-likeness (QED) is 0.259. The highest BCUT2D eigenvalue weighted by Gasteiger charge is 2.44. The predicted molar refractivity (Wildman–Crippen MR) is 97.2 cm³/mol. The fourth-order valence-electron chi connectivity index (χ4n) is 2.22. The molecule has 0 saturated carbocycles. The summed E-state index contributed by atoms with van der Waals surface area (Å²) in [5, 5.41) is 11.7. The van der Waals surface area contributed by atoms with Crippen LogP contribution in [0.3, 0.4) is 0 Å². The van der Waals surface area contributed by atoms with Crippen LogP contribution in [-0.2, 0) is 0 Å². The summed E-state index contributed by atoms with van der Waals surface area (Å²) < 4.78 is 80.8. The molecule has 2 aromatic rings. The zero-order valence-corrected chi connectivity index (χ0v) is 16.8. The van der Waals surface area contributed by atoms with Crippen LogP contribution in [0.25, 0.3) is 5.69 Å². The van der Waals surface area contributed by atoms with Crippen molar-refractivity contribution < 1.29 is 35.9 Å². The maximum atomic E-state index is 13.1. The van der Waals surface area contributed by atoms with Gasteiger partial charge >= 0.3 is 12.5 Å². The fraction of sp³-hybridized carbons (Fsp3) is 0.250. The molecule has 31 heavy (non-hydrogen) atoms. The maximum Gasteiger partial charge on any atom is 0.573 e. The van der Waals surface area contributed by atoms with E-state index < -0.39 is 56.9 Å². The molecule has 0 saturated heterocycles. The molecule has 15 heteroatoms. The number of nitriles is 1. The normalized spacial score (nSPS) is 12.2. The number of ether oxygens (including phenoxy) is 1. The number of ketones is 1. The van der Waals surface area contributed by atoms with E-state index in [-0.39, 0.29) is 0 Å². The average Bonchev–Trinajstić information content (AvgIpc) is 2.94. The highest BCUT2D eigenvalue weighted by atomic mass is 35.5. The highest BCUT2D eigenvalue weighted by Crippen LogP contribution is 2.39. The van der Waals surface area contributed by atoms with E-state index in [9.17, 15) is 36.4 Å². The Bertz CT molecular complexity index is 1060. The van der Waals surface area contributed by atoms with Crippen LogP contribution in [0, 0.1) is 11.3 Å². The number of carbonyl (C=O) groups is 1. The molecule has 0 radical (unpaired) electrons. The first-order valence-electron chi connectivity index (χ1n) is 7.76. The minimum absolute atomic E-state index is 0.429. The number of Topliss-reactive ketones (excluding diaryl/α,β-unsaturated/α-hetero) is 1. The largest absolute Gasteiger partial charge is 0.573 e. The third-order valence-electron chi connectivity index (χ3n) is 3.30. The summed E-state index contributed by atoms with van der Waals surface area (Å²) in [7, 11) is 2.92. The molecule has 0 N–H and O–H groups in total. The molecule has 1 aromatic heterocycles. The van der Waals surface area contributed by atoms with Gasteiger partial charge in [-0.15, -0.1) is 13.2 Å². The van der Waals surface area contributed by atoms with Crippen LogP contribution in [0.5, 0.6) is 5.75 Å². The van der Waals surface area contributed by atoms with Crippen LogP contribution in [-0.4, -0.2) is 53.4 Å². The van der Waals surface area contributed by atoms with Gasteiger partial charge in [0.05, 0.1) is 16.4 Å². The third-order valence-corrected chi connectivity index (χ3v) is 3.87. The molecular weight excluding hydrogens is 479 g/mol. The summed E-state index contributed by atoms with van der Waals surface area (Å²) >= 11 is 11.9. The summed E-state index contributed by atoms with van der Waals surface area (Å²) in [4.78, 5) is 17.0. The lowest BCUT2D eigenvalue weighted by Crippen LogP contribution is -2.23. The number of alkyl halides is 6. The summed E-state index contributed by atoms with van der Waals surface area (Å²) in [6.45, 7) is 0. The monoisotopic (exact) mass is 487 g/mol. The molecule has 0 aliphatic carbocycles. The van der Waals surface area contributed by atoms with Crippen LogP contribution in [0.15, 0.2) is 17.1 Å². The fourth-order valence-corrected chi connectivity index (χ4v) is 2.85. The van der Waals surface area contributed by atoms with Crippen molar-refractivity contribution in [3.8, 4) is 17.5 Å². The van der Waals surface area contributed by atoms with E-state index in [0.29, 0.717) is 16.8 Å². The summed E-state index contributed by atoms with van der Waals surface area (Å²) in [6.07, 6.45) is -9.44. The first kappa shape index (κ1) is 24.3. The second kappa shape index (κ2) is 8.64. The van der Waals surface area contributed by atoms with E-state index in [1.54, 1.807) is 0 Å². The second-order valence-corrected chi connectivity index (χ2v) is 6.70. The van der Waals surface area contributed by atoms with Gasteiger partial charge in [0.15, 0.2) is 11.5 Å². The number of carbonyl (C=O) groups excluding carboxylic acids is 1. The van der Waals surface area contributed by atoms with Gasteiger partial charge in [-0.05, 0) is 0 Å². The van der Waals surface area contributed by atoms with Gasteiger partial charge in [0.25, 0.3) is 5.78 Å². The number of aliphatic imine (C=N–C) groups is 1. The van der Waals surface area contributed by atoms with Crippen LogP contribution < -0.4 is 4.74 Å². The Kier molecular flexibility index (Phi) is 6.77. The number of hydrogen-bond donors (Lipinski definition) is 0. The molecule has 0 spiro atoms. The average molecular weight is 488 g/mol. The van der Waals surface area contributed by atoms with Crippen LogP contribution in [0.2, 0.25) is 10.0 Å². The SMILES string of the molecule is CN(C)/C=N\c1c(C(=O)C(F)(F)F)c(C#N)nn1-c1c(Cl)cc(OC(F)(F)F)cc1Cl. The summed E-state index contributed by atoms with van der Waals surface area (Å²) in [5.41, 5.74) is -2.56. The van der Waals surface area contributed by atoms with Crippen LogP contribution >= 0.6 is 23.2 Å². The van der Waals surface area contributed by atoms with Gasteiger partial charge in [0, 0.05) is 26.2 Å². The number of hydrogen-bond acceptors (Lipinski definition) is 5. The van der Waals surface area contributed by atoms with Gasteiger partial charge in [0.2, 0.25) is 0 Å². The van der Waals surface area contributed by atoms with Gasteiger partial charge in [-0.3, -0.25) is 4.79 Å². The Morgan fingerprint density at radius 2 is 1.77 bits per heavy atom. The summed E-state index contributed by atoms with van der Waals surface area (Å²) in [5.74, 6) is -3.99. The molecule has 7 nitrogen and oxygen atoms in total. The molecule has 0 bridgehead atoms. The second-order valence-electron chi connectivity index (χ2n) is 5.89. The smallest absolute Gasteiger partial charge is 0.406 e. The lowest BCUT2D eigenvalue weighted by Gasteiger charge is -2.14. The van der Waals surface area contributed by atoms with Crippen molar-refractivity contribution in [2.45, 2.75) is 12.5 Å². The topological polar surface area (TPSA) is 83.5 Å². The van der Waals surface area contributed by atoms with Gasteiger partial charge in [-0.2, -0.15) is 23.5 Å². The zero-order chi connectivity index (χ0) is 23.7. The van der Waals surface area contributed by atoms with E-state index in [1.165, 1.54) is 25.1 Å². The van der Waals surface area contributed by atoms with E-state index in [0.717, 1.165) is 6.34 Å². The number of benzene rings is 1.